The van der Waals surface area contributed by atoms with Gasteiger partial charge in [0.2, 0.25) is 0 Å². The van der Waals surface area contributed by atoms with Crippen molar-refractivity contribution >= 4 is 5.69 Å². The van der Waals surface area contributed by atoms with E-state index >= 15 is 0 Å². The molecule has 0 aliphatic heterocycles. The molecule has 0 N–H and O–H groups in total. The molecule has 0 saturated carbocycles. The number of hydrogen-bond donors (Lipinski definition) is 0. The van der Waals surface area contributed by atoms with Crippen molar-refractivity contribution in [3.05, 3.63) is 58.4 Å². The van der Waals surface area contributed by atoms with Crippen molar-refractivity contribution in [3.8, 4) is 0 Å². The monoisotopic (exact) mass is 274 g/mol. The zero-order valence-corrected chi connectivity index (χ0v) is 11.6. The topological polar surface area (TPSA) is 64.2 Å². The van der Waals surface area contributed by atoms with Gasteiger partial charge in [0.05, 0.1) is 11.5 Å². The van der Waals surface area contributed by atoms with Gasteiger partial charge >= 0.3 is 5.69 Å². The van der Waals surface area contributed by atoms with Crippen molar-refractivity contribution in [1.29, 1.82) is 0 Å². The summed E-state index contributed by atoms with van der Waals surface area (Å²) >= 11 is 0. The average Bonchev–Trinajstić information content (AvgIpc) is 2.94. The van der Waals surface area contributed by atoms with Gasteiger partial charge in [0.25, 0.3) is 0 Å². The normalized spacial score (nSPS) is 12.6. The summed E-state index contributed by atoms with van der Waals surface area (Å²) in [6.45, 7) is 3.54. The molecule has 6 nitrogen and oxygen atoms in total. The van der Waals surface area contributed by atoms with Crippen LogP contribution in [0, 0.1) is 10.1 Å². The minimum absolute atomic E-state index is 0.0313. The lowest BCUT2D eigenvalue weighted by atomic mass is 10.1. The van der Waals surface area contributed by atoms with Crippen LogP contribution in [0.15, 0.2) is 42.7 Å². The Morgan fingerprint density at radius 2 is 2.10 bits per heavy atom. The van der Waals surface area contributed by atoms with E-state index in [1.807, 2.05) is 25.2 Å². The zero-order valence-electron chi connectivity index (χ0n) is 11.6. The van der Waals surface area contributed by atoms with Crippen molar-refractivity contribution in [2.75, 3.05) is 13.6 Å². The smallest absolute Gasteiger partial charge is 0.298 e. The minimum atomic E-state index is -0.431. The summed E-state index contributed by atoms with van der Waals surface area (Å²) in [5.74, 6) is 0. The molecule has 1 atom stereocenters. The molecular weight excluding hydrogens is 256 g/mol. The van der Waals surface area contributed by atoms with Crippen LogP contribution in [0.4, 0.5) is 5.69 Å². The van der Waals surface area contributed by atoms with E-state index in [0.717, 1.165) is 6.54 Å². The highest BCUT2D eigenvalue weighted by Gasteiger charge is 2.12. The van der Waals surface area contributed by atoms with Crippen molar-refractivity contribution < 1.29 is 4.92 Å². The predicted molar refractivity (Wildman–Crippen MR) is 76.4 cm³/mol. The van der Waals surface area contributed by atoms with Gasteiger partial charge in [-0.3, -0.25) is 19.7 Å². The largest absolute Gasteiger partial charge is 0.306 e. The molecule has 0 radical (unpaired) electrons. The molecule has 0 saturated heterocycles. The summed E-state index contributed by atoms with van der Waals surface area (Å²) < 4.78 is 1.60. The van der Waals surface area contributed by atoms with Crippen LogP contribution < -0.4 is 0 Å². The number of likely N-dealkylation sites (N-methyl/N-ethyl adjacent to an activating group) is 1. The molecule has 1 unspecified atom stereocenters. The van der Waals surface area contributed by atoms with Gasteiger partial charge in [0.15, 0.2) is 0 Å². The van der Waals surface area contributed by atoms with E-state index in [0.29, 0.717) is 12.6 Å². The van der Waals surface area contributed by atoms with Crippen LogP contribution in [-0.2, 0) is 6.54 Å². The summed E-state index contributed by atoms with van der Waals surface area (Å²) in [4.78, 5) is 12.4. The van der Waals surface area contributed by atoms with Crippen LogP contribution in [0.3, 0.4) is 0 Å². The summed E-state index contributed by atoms with van der Waals surface area (Å²) in [5, 5.41) is 14.6. The van der Waals surface area contributed by atoms with Crippen LogP contribution in [0.2, 0.25) is 0 Å². The van der Waals surface area contributed by atoms with E-state index in [-0.39, 0.29) is 5.69 Å². The van der Waals surface area contributed by atoms with Crippen LogP contribution in [0.5, 0.6) is 0 Å². The molecule has 106 valence electrons. The fourth-order valence-corrected chi connectivity index (χ4v) is 2.01. The fraction of sp³-hybridized carbons (Fsp3) is 0.357. The molecule has 0 fully saturated rings. The first-order valence-electron chi connectivity index (χ1n) is 6.50. The van der Waals surface area contributed by atoms with Gasteiger partial charge in [-0.05, 0) is 19.5 Å². The standard InChI is InChI=1S/C14H18N4O2/c1-12(13-6-4-3-5-7-13)16(2)8-9-17-11-14(10-15-17)18(19)20/h3-7,10-12H,8-9H2,1-2H3. The van der Waals surface area contributed by atoms with E-state index < -0.39 is 4.92 Å². The van der Waals surface area contributed by atoms with Crippen LogP contribution in [0.25, 0.3) is 0 Å². The molecule has 1 aromatic carbocycles. The van der Waals surface area contributed by atoms with E-state index in [4.69, 9.17) is 0 Å². The molecule has 0 amide bonds. The second-order valence-electron chi connectivity index (χ2n) is 4.79. The lowest BCUT2D eigenvalue weighted by Gasteiger charge is -2.24. The maximum absolute atomic E-state index is 10.6. The third-order valence-corrected chi connectivity index (χ3v) is 3.46. The van der Waals surface area contributed by atoms with Gasteiger partial charge in [-0.1, -0.05) is 30.3 Å². The van der Waals surface area contributed by atoms with E-state index in [1.54, 1.807) is 4.68 Å². The van der Waals surface area contributed by atoms with Gasteiger partial charge in [0, 0.05) is 12.6 Å². The first kappa shape index (κ1) is 14.2. The molecule has 2 rings (SSSR count). The molecular formula is C14H18N4O2. The first-order chi connectivity index (χ1) is 9.58. The minimum Gasteiger partial charge on any atom is -0.298 e. The number of aromatic nitrogens is 2. The first-order valence-corrected chi connectivity index (χ1v) is 6.50. The van der Waals surface area contributed by atoms with Gasteiger partial charge in [-0.25, -0.2) is 0 Å². The Bertz CT molecular complexity index is 568. The van der Waals surface area contributed by atoms with Gasteiger partial charge < -0.3 is 0 Å². The number of nitro groups is 1. The molecule has 1 heterocycles. The third kappa shape index (κ3) is 3.42. The van der Waals surface area contributed by atoms with Crippen LogP contribution in [0.1, 0.15) is 18.5 Å². The molecule has 20 heavy (non-hydrogen) atoms. The second kappa shape index (κ2) is 6.29. The second-order valence-corrected chi connectivity index (χ2v) is 4.79. The quantitative estimate of drug-likeness (QED) is 0.599. The molecule has 0 aliphatic carbocycles. The van der Waals surface area contributed by atoms with Crippen molar-refractivity contribution in [2.45, 2.75) is 19.5 Å². The Hall–Kier alpha value is -2.21. The highest BCUT2D eigenvalue weighted by Crippen LogP contribution is 2.18. The van der Waals surface area contributed by atoms with Crippen molar-refractivity contribution in [2.24, 2.45) is 0 Å². The van der Waals surface area contributed by atoms with E-state index in [1.165, 1.54) is 18.0 Å². The Labute approximate surface area is 117 Å². The van der Waals surface area contributed by atoms with Gasteiger partial charge in [-0.2, -0.15) is 5.10 Å². The Morgan fingerprint density at radius 3 is 2.70 bits per heavy atom. The number of rotatable bonds is 6. The Kier molecular flexibility index (Phi) is 4.47. The van der Waals surface area contributed by atoms with Crippen LogP contribution in [-0.4, -0.2) is 33.2 Å². The van der Waals surface area contributed by atoms with Crippen LogP contribution >= 0.6 is 0 Å². The molecule has 0 spiro atoms. The zero-order chi connectivity index (χ0) is 14.5. The molecule has 1 aromatic heterocycles. The number of benzene rings is 1. The fourth-order valence-electron chi connectivity index (χ4n) is 2.01. The highest BCUT2D eigenvalue weighted by atomic mass is 16.6. The maximum atomic E-state index is 10.6. The Morgan fingerprint density at radius 1 is 1.40 bits per heavy atom. The van der Waals surface area contributed by atoms with E-state index in [2.05, 4.69) is 29.1 Å². The molecule has 2 aromatic rings. The lowest BCUT2D eigenvalue weighted by molar-refractivity contribution is -0.385. The highest BCUT2D eigenvalue weighted by molar-refractivity contribution is 5.20. The van der Waals surface area contributed by atoms with Crippen molar-refractivity contribution in [3.63, 3.8) is 0 Å². The summed E-state index contributed by atoms with van der Waals surface area (Å²) in [5.41, 5.74) is 1.28. The summed E-state index contributed by atoms with van der Waals surface area (Å²) in [7, 11) is 2.04. The number of nitrogens with zero attached hydrogens (tertiary/aromatic N) is 4. The summed E-state index contributed by atoms with van der Waals surface area (Å²) in [6, 6.07) is 10.5. The SMILES string of the molecule is CC(c1ccccc1)N(C)CCn1cc([N+](=O)[O-])cn1. The average molecular weight is 274 g/mol. The molecule has 6 heteroatoms. The summed E-state index contributed by atoms with van der Waals surface area (Å²) in [6.07, 6.45) is 2.74. The van der Waals surface area contributed by atoms with E-state index in [9.17, 15) is 10.1 Å². The molecule has 0 bridgehead atoms. The Balaban J connectivity index is 1.91. The van der Waals surface area contributed by atoms with Crippen molar-refractivity contribution in [1.82, 2.24) is 14.7 Å². The lowest BCUT2D eigenvalue weighted by Crippen LogP contribution is -2.26. The predicted octanol–water partition coefficient (Wildman–Crippen LogP) is 2.48. The maximum Gasteiger partial charge on any atom is 0.306 e. The van der Waals surface area contributed by atoms with Gasteiger partial charge in [-0.15, -0.1) is 0 Å². The number of hydrogen-bond acceptors (Lipinski definition) is 4. The molecule has 0 aliphatic rings. The third-order valence-electron chi connectivity index (χ3n) is 3.46. The van der Waals surface area contributed by atoms with Gasteiger partial charge in [0.1, 0.15) is 12.4 Å².